The van der Waals surface area contributed by atoms with Crippen LogP contribution in [0.5, 0.6) is 0 Å². The summed E-state index contributed by atoms with van der Waals surface area (Å²) in [5, 5.41) is 9.12. The highest BCUT2D eigenvalue weighted by Gasteiger charge is 2.60. The molecule has 0 heterocycles. The molecule has 0 amide bonds. The second-order valence-corrected chi connectivity index (χ2v) is 9.04. The summed E-state index contributed by atoms with van der Waals surface area (Å²) in [6.45, 7) is 4.72. The molecule has 0 bridgehead atoms. The molecule has 1 unspecified atom stereocenters. The van der Waals surface area contributed by atoms with Crippen LogP contribution in [-0.2, 0) is 4.79 Å². The number of carbonyl (C=O) groups excluding carboxylic acids is 1. The maximum absolute atomic E-state index is 12.9. The molecule has 23 heavy (non-hydrogen) atoms. The minimum Gasteiger partial charge on any atom is -0.299 e. The van der Waals surface area contributed by atoms with Crippen LogP contribution >= 0.6 is 0 Å². The van der Waals surface area contributed by atoms with Crippen molar-refractivity contribution in [3.05, 3.63) is 11.6 Å². The van der Waals surface area contributed by atoms with Gasteiger partial charge in [-0.25, -0.2) is 0 Å². The number of nitriles is 1. The average molecular weight is 311 g/mol. The van der Waals surface area contributed by atoms with Crippen molar-refractivity contribution in [2.45, 2.75) is 71.6 Å². The van der Waals surface area contributed by atoms with Gasteiger partial charge in [0.2, 0.25) is 0 Å². The van der Waals surface area contributed by atoms with Crippen LogP contribution in [0, 0.1) is 45.8 Å². The van der Waals surface area contributed by atoms with Crippen LogP contribution in [-0.4, -0.2) is 5.78 Å². The van der Waals surface area contributed by atoms with Crippen molar-refractivity contribution >= 4 is 5.78 Å². The lowest BCUT2D eigenvalue weighted by Gasteiger charge is -2.59. The fourth-order valence-electron chi connectivity index (χ4n) is 7.25. The van der Waals surface area contributed by atoms with E-state index in [0.29, 0.717) is 29.5 Å². The van der Waals surface area contributed by atoms with Crippen LogP contribution in [0.15, 0.2) is 11.6 Å². The maximum atomic E-state index is 12.9. The lowest BCUT2D eigenvalue weighted by atomic mass is 9.45. The Morgan fingerprint density at radius 2 is 1.91 bits per heavy atom. The molecule has 124 valence electrons. The third-order valence-electron chi connectivity index (χ3n) is 8.55. The monoisotopic (exact) mass is 311 g/mol. The predicted octanol–water partition coefficient (Wildman–Crippen LogP) is 5.05. The zero-order valence-electron chi connectivity index (χ0n) is 14.6. The largest absolute Gasteiger partial charge is 0.299 e. The molecule has 2 heteroatoms. The Morgan fingerprint density at radius 3 is 2.70 bits per heavy atom. The molecule has 4 saturated carbocycles. The lowest BCUT2D eigenvalue weighted by molar-refractivity contribution is -0.153. The molecule has 0 spiro atoms. The van der Waals surface area contributed by atoms with E-state index in [9.17, 15) is 4.79 Å². The smallest absolute Gasteiger partial charge is 0.139 e. The van der Waals surface area contributed by atoms with Crippen molar-refractivity contribution in [2.75, 3.05) is 0 Å². The van der Waals surface area contributed by atoms with Crippen LogP contribution in [0.25, 0.3) is 0 Å². The van der Waals surface area contributed by atoms with Gasteiger partial charge in [-0.1, -0.05) is 19.4 Å². The second kappa shape index (κ2) is 5.20. The van der Waals surface area contributed by atoms with Gasteiger partial charge in [-0.3, -0.25) is 4.79 Å². The van der Waals surface area contributed by atoms with Crippen molar-refractivity contribution in [1.82, 2.24) is 0 Å². The van der Waals surface area contributed by atoms with E-state index >= 15 is 0 Å². The van der Waals surface area contributed by atoms with E-state index in [4.69, 9.17) is 5.26 Å². The standard InChI is InChI=1S/C21H29NO/c1-20-12-10-18-16(17(20)9-7-14(20)11-13-22)8-6-15-4-3-5-19(23)21(15,18)2/h11,15-18H,3-10,12H2,1-2H3/b14-11+/t15?,16-,17-,18-,20+,21-/m0/s1. The van der Waals surface area contributed by atoms with Gasteiger partial charge in [0, 0.05) is 17.9 Å². The van der Waals surface area contributed by atoms with Crippen LogP contribution in [0.4, 0.5) is 0 Å². The van der Waals surface area contributed by atoms with Crippen LogP contribution in [0.1, 0.15) is 71.6 Å². The van der Waals surface area contributed by atoms with Crippen LogP contribution in [0.2, 0.25) is 0 Å². The molecule has 4 aliphatic carbocycles. The first-order chi connectivity index (χ1) is 11.0. The Hall–Kier alpha value is -1.10. The Labute approximate surface area is 140 Å². The minimum atomic E-state index is -0.0375. The van der Waals surface area contributed by atoms with E-state index in [0.717, 1.165) is 19.3 Å². The minimum absolute atomic E-state index is 0.0375. The first-order valence-electron chi connectivity index (χ1n) is 9.64. The topological polar surface area (TPSA) is 40.9 Å². The molecule has 2 nitrogen and oxygen atoms in total. The van der Waals surface area contributed by atoms with Crippen molar-refractivity contribution in [3.8, 4) is 6.07 Å². The lowest BCUT2D eigenvalue weighted by Crippen LogP contribution is -2.55. The molecule has 0 aromatic heterocycles. The summed E-state index contributed by atoms with van der Waals surface area (Å²) >= 11 is 0. The molecular weight excluding hydrogens is 282 g/mol. The fraction of sp³-hybridized carbons (Fsp3) is 0.810. The normalized spacial score (nSPS) is 50.8. The number of fused-ring (bicyclic) bond motifs is 5. The van der Waals surface area contributed by atoms with E-state index in [1.165, 1.54) is 44.1 Å². The van der Waals surface area contributed by atoms with Gasteiger partial charge >= 0.3 is 0 Å². The van der Waals surface area contributed by atoms with Crippen LogP contribution in [0.3, 0.4) is 0 Å². The Morgan fingerprint density at radius 1 is 1.09 bits per heavy atom. The third kappa shape index (κ3) is 1.95. The Balaban J connectivity index is 1.69. The van der Waals surface area contributed by atoms with Crippen molar-refractivity contribution < 1.29 is 4.79 Å². The molecule has 0 aromatic carbocycles. The predicted molar refractivity (Wildman–Crippen MR) is 90.4 cm³/mol. The summed E-state index contributed by atoms with van der Waals surface area (Å²) in [7, 11) is 0. The van der Waals surface area contributed by atoms with Gasteiger partial charge in [-0.2, -0.15) is 5.26 Å². The number of hydrogen-bond donors (Lipinski definition) is 0. The summed E-state index contributed by atoms with van der Waals surface area (Å²) in [6, 6.07) is 2.28. The van der Waals surface area contributed by atoms with Gasteiger partial charge in [0.15, 0.2) is 0 Å². The number of hydrogen-bond acceptors (Lipinski definition) is 2. The van der Waals surface area contributed by atoms with Gasteiger partial charge < -0.3 is 0 Å². The number of ketones is 1. The number of rotatable bonds is 0. The number of allylic oxidation sites excluding steroid dienone is 2. The third-order valence-corrected chi connectivity index (χ3v) is 8.55. The number of nitrogens with zero attached hydrogens (tertiary/aromatic N) is 1. The highest BCUT2D eigenvalue weighted by atomic mass is 16.1. The first kappa shape index (κ1) is 15.4. The van der Waals surface area contributed by atoms with Gasteiger partial charge in [-0.15, -0.1) is 0 Å². The number of carbonyl (C=O) groups is 1. The summed E-state index contributed by atoms with van der Waals surface area (Å²) < 4.78 is 0. The van der Waals surface area contributed by atoms with E-state index in [1.54, 1.807) is 0 Å². The molecule has 0 saturated heterocycles. The number of Topliss-reactive ketones (excluding diaryl/α,β-unsaturated/α-hetero) is 1. The summed E-state index contributed by atoms with van der Waals surface area (Å²) in [5.74, 6) is 3.23. The first-order valence-corrected chi connectivity index (χ1v) is 9.64. The molecule has 4 fully saturated rings. The SMILES string of the molecule is C[C@]12C(=O)CCCC1CC[C@@H]1[C@@H]2CC[C@]2(C)/C(=C/C#N)CC[C@@H]12. The fourth-order valence-corrected chi connectivity index (χ4v) is 7.25. The molecule has 0 aliphatic heterocycles. The Kier molecular flexibility index (Phi) is 3.49. The van der Waals surface area contributed by atoms with E-state index in [-0.39, 0.29) is 10.8 Å². The van der Waals surface area contributed by atoms with Gasteiger partial charge in [0.25, 0.3) is 0 Å². The molecule has 4 rings (SSSR count). The van der Waals surface area contributed by atoms with Crippen molar-refractivity contribution in [2.24, 2.45) is 34.5 Å². The molecule has 0 aromatic rings. The molecular formula is C21H29NO. The van der Waals surface area contributed by atoms with Gasteiger partial charge in [0.1, 0.15) is 5.78 Å². The molecule has 4 aliphatic rings. The van der Waals surface area contributed by atoms with E-state index in [1.807, 2.05) is 6.08 Å². The van der Waals surface area contributed by atoms with Gasteiger partial charge in [-0.05, 0) is 80.5 Å². The molecule has 0 radical (unpaired) electrons. The van der Waals surface area contributed by atoms with Crippen molar-refractivity contribution in [3.63, 3.8) is 0 Å². The van der Waals surface area contributed by atoms with Crippen LogP contribution < -0.4 is 0 Å². The molecule has 6 atom stereocenters. The van der Waals surface area contributed by atoms with E-state index < -0.39 is 0 Å². The maximum Gasteiger partial charge on any atom is 0.139 e. The summed E-state index contributed by atoms with van der Waals surface area (Å²) in [6.07, 6.45) is 12.3. The molecule has 0 N–H and O–H groups in total. The summed E-state index contributed by atoms with van der Waals surface area (Å²) in [5.41, 5.74) is 1.59. The second-order valence-electron chi connectivity index (χ2n) is 9.04. The quantitative estimate of drug-likeness (QED) is 0.587. The zero-order valence-corrected chi connectivity index (χ0v) is 14.6. The zero-order chi connectivity index (χ0) is 16.2. The highest BCUT2D eigenvalue weighted by Crippen LogP contribution is 2.66. The summed E-state index contributed by atoms with van der Waals surface area (Å²) in [4.78, 5) is 12.9. The van der Waals surface area contributed by atoms with Crippen molar-refractivity contribution in [1.29, 1.82) is 5.26 Å². The Bertz CT molecular complexity index is 599. The van der Waals surface area contributed by atoms with E-state index in [2.05, 4.69) is 19.9 Å². The highest BCUT2D eigenvalue weighted by molar-refractivity contribution is 5.86. The van der Waals surface area contributed by atoms with Gasteiger partial charge in [0.05, 0.1) is 6.07 Å². The average Bonchev–Trinajstić information content (AvgIpc) is 2.86.